The lowest BCUT2D eigenvalue weighted by Crippen LogP contribution is -2.38. The van der Waals surface area contributed by atoms with E-state index in [0.29, 0.717) is 25.9 Å². The molecule has 6 heteroatoms. The van der Waals surface area contributed by atoms with E-state index in [-0.39, 0.29) is 12.0 Å². The molecule has 1 aliphatic carbocycles. The zero-order chi connectivity index (χ0) is 27.1. The van der Waals surface area contributed by atoms with Crippen LogP contribution in [0.1, 0.15) is 68.7 Å². The first-order valence-corrected chi connectivity index (χ1v) is 13.7. The SMILES string of the molecule is CN(CCCC(=O)NCCN1CCC(=C2c3ccccc3C=Cc3ccccc32)CC1)C(=O)OC(C)(C)C. The number of fused-ring (bicyclic) bond motifs is 2. The molecule has 2 aromatic carbocycles. The number of nitrogens with zero attached hydrogens (tertiary/aromatic N) is 2. The highest BCUT2D eigenvalue weighted by molar-refractivity contribution is 5.94. The van der Waals surface area contributed by atoms with E-state index in [1.54, 1.807) is 7.05 Å². The molecule has 6 nitrogen and oxygen atoms in total. The van der Waals surface area contributed by atoms with Gasteiger partial charge in [-0.05, 0) is 67.9 Å². The zero-order valence-corrected chi connectivity index (χ0v) is 23.3. The van der Waals surface area contributed by atoms with Gasteiger partial charge in [0.25, 0.3) is 0 Å². The van der Waals surface area contributed by atoms with Gasteiger partial charge in [0.05, 0.1) is 0 Å². The highest BCUT2D eigenvalue weighted by atomic mass is 16.6. The Morgan fingerprint density at radius 3 is 2.11 bits per heavy atom. The summed E-state index contributed by atoms with van der Waals surface area (Å²) in [5.74, 6) is 0.0292. The summed E-state index contributed by atoms with van der Waals surface area (Å²) in [5, 5.41) is 3.04. The minimum Gasteiger partial charge on any atom is -0.444 e. The highest BCUT2D eigenvalue weighted by Crippen LogP contribution is 2.38. The average Bonchev–Trinajstić information content (AvgIpc) is 3.05. The van der Waals surface area contributed by atoms with Crippen molar-refractivity contribution < 1.29 is 14.3 Å². The van der Waals surface area contributed by atoms with Crippen LogP contribution in [0.3, 0.4) is 0 Å². The van der Waals surface area contributed by atoms with Gasteiger partial charge in [-0.25, -0.2) is 4.79 Å². The number of hydrogen-bond donors (Lipinski definition) is 1. The Balaban J connectivity index is 1.25. The van der Waals surface area contributed by atoms with E-state index >= 15 is 0 Å². The molecule has 202 valence electrons. The molecular weight excluding hydrogens is 474 g/mol. The minimum absolute atomic E-state index is 0.0292. The Hall–Kier alpha value is -3.38. The third kappa shape index (κ3) is 7.35. The van der Waals surface area contributed by atoms with Gasteiger partial charge in [-0.15, -0.1) is 0 Å². The summed E-state index contributed by atoms with van der Waals surface area (Å²) >= 11 is 0. The van der Waals surface area contributed by atoms with Gasteiger partial charge in [0.1, 0.15) is 5.60 Å². The van der Waals surface area contributed by atoms with Gasteiger partial charge < -0.3 is 19.9 Å². The molecule has 2 amide bonds. The Labute approximate surface area is 227 Å². The molecule has 0 aromatic heterocycles. The predicted octanol–water partition coefficient (Wildman–Crippen LogP) is 5.83. The highest BCUT2D eigenvalue weighted by Gasteiger charge is 2.23. The third-order valence-corrected chi connectivity index (χ3v) is 7.07. The van der Waals surface area contributed by atoms with Crippen molar-refractivity contribution in [2.45, 2.75) is 52.1 Å². The lowest BCUT2D eigenvalue weighted by molar-refractivity contribution is -0.121. The molecule has 0 saturated carbocycles. The summed E-state index contributed by atoms with van der Waals surface area (Å²) < 4.78 is 5.35. The van der Waals surface area contributed by atoms with E-state index in [1.807, 2.05) is 20.8 Å². The van der Waals surface area contributed by atoms with Crippen LogP contribution < -0.4 is 5.32 Å². The third-order valence-electron chi connectivity index (χ3n) is 7.07. The summed E-state index contributed by atoms with van der Waals surface area (Å²) in [6.07, 6.45) is 7.18. The quantitative estimate of drug-likeness (QED) is 0.430. The van der Waals surface area contributed by atoms with Crippen LogP contribution in [0.2, 0.25) is 0 Å². The van der Waals surface area contributed by atoms with Gasteiger partial charge in [0.2, 0.25) is 5.91 Å². The van der Waals surface area contributed by atoms with E-state index in [1.165, 1.54) is 38.3 Å². The molecule has 0 bridgehead atoms. The van der Waals surface area contributed by atoms with Crippen LogP contribution in [0.5, 0.6) is 0 Å². The fourth-order valence-corrected chi connectivity index (χ4v) is 5.09. The second kappa shape index (κ2) is 12.4. The standard InChI is InChI=1S/C32H41N3O3/c1-32(2,3)38-31(37)34(4)20-9-14-29(36)33-19-23-35-21-17-26(18-22-35)30-27-12-7-5-10-24(27)15-16-25-11-6-8-13-28(25)30/h5-8,10-13,15-16H,9,14,17-23H2,1-4H3,(H,33,36). The Bertz CT molecular complexity index is 1150. The monoisotopic (exact) mass is 515 g/mol. The number of piperidine rings is 1. The first-order valence-electron chi connectivity index (χ1n) is 13.7. The van der Waals surface area contributed by atoms with Crippen molar-refractivity contribution in [3.8, 4) is 0 Å². The Morgan fingerprint density at radius 1 is 0.947 bits per heavy atom. The number of likely N-dealkylation sites (tertiary alicyclic amines) is 1. The fourth-order valence-electron chi connectivity index (χ4n) is 5.09. The van der Waals surface area contributed by atoms with Gasteiger partial charge >= 0.3 is 6.09 Å². The van der Waals surface area contributed by atoms with Crippen molar-refractivity contribution in [3.05, 3.63) is 76.4 Å². The van der Waals surface area contributed by atoms with Gasteiger partial charge in [-0.3, -0.25) is 4.79 Å². The molecule has 1 N–H and O–H groups in total. The number of benzene rings is 2. The molecule has 1 heterocycles. The summed E-state index contributed by atoms with van der Waals surface area (Å²) in [5.41, 5.74) is 7.58. The molecule has 0 unspecified atom stereocenters. The van der Waals surface area contributed by atoms with E-state index in [2.05, 4.69) is 70.9 Å². The van der Waals surface area contributed by atoms with Crippen LogP contribution in [0.15, 0.2) is 54.1 Å². The normalized spacial score (nSPS) is 15.4. The van der Waals surface area contributed by atoms with Crippen LogP contribution in [0.4, 0.5) is 4.79 Å². The number of amides is 2. The van der Waals surface area contributed by atoms with E-state index in [4.69, 9.17) is 4.74 Å². The number of carbonyl (C=O) groups excluding carboxylic acids is 2. The first kappa shape index (κ1) is 27.6. The lowest BCUT2D eigenvalue weighted by atomic mass is 9.86. The van der Waals surface area contributed by atoms with Crippen LogP contribution >= 0.6 is 0 Å². The fraction of sp³-hybridized carbons (Fsp3) is 0.438. The number of ether oxygens (including phenoxy) is 1. The maximum atomic E-state index is 12.3. The molecular formula is C32H41N3O3. The van der Waals surface area contributed by atoms with E-state index in [9.17, 15) is 9.59 Å². The topological polar surface area (TPSA) is 61.9 Å². The molecule has 1 aliphatic heterocycles. The van der Waals surface area contributed by atoms with Crippen molar-refractivity contribution in [1.82, 2.24) is 15.1 Å². The Morgan fingerprint density at radius 2 is 1.53 bits per heavy atom. The van der Waals surface area contributed by atoms with E-state index in [0.717, 1.165) is 32.5 Å². The molecule has 1 saturated heterocycles. The van der Waals surface area contributed by atoms with Gasteiger partial charge in [-0.2, -0.15) is 0 Å². The van der Waals surface area contributed by atoms with Crippen LogP contribution in [0, 0.1) is 0 Å². The molecule has 2 aliphatic rings. The summed E-state index contributed by atoms with van der Waals surface area (Å²) in [4.78, 5) is 28.3. The number of hydrogen-bond acceptors (Lipinski definition) is 4. The smallest absolute Gasteiger partial charge is 0.410 e. The first-order chi connectivity index (χ1) is 18.2. The number of nitrogens with one attached hydrogen (secondary N) is 1. The largest absolute Gasteiger partial charge is 0.444 e. The maximum absolute atomic E-state index is 12.3. The molecule has 4 rings (SSSR count). The van der Waals surface area contributed by atoms with Crippen molar-refractivity contribution in [2.24, 2.45) is 0 Å². The van der Waals surface area contributed by atoms with E-state index < -0.39 is 5.60 Å². The molecule has 1 fully saturated rings. The van der Waals surface area contributed by atoms with Gasteiger partial charge in [-0.1, -0.05) is 66.3 Å². The summed E-state index contributed by atoms with van der Waals surface area (Å²) in [7, 11) is 1.70. The summed E-state index contributed by atoms with van der Waals surface area (Å²) in [6, 6.07) is 17.4. The van der Waals surface area contributed by atoms with Crippen molar-refractivity contribution >= 4 is 29.7 Å². The number of carbonyl (C=O) groups is 2. The minimum atomic E-state index is -0.518. The second-order valence-electron chi connectivity index (χ2n) is 11.2. The van der Waals surface area contributed by atoms with Crippen LogP contribution in [-0.4, -0.2) is 67.2 Å². The van der Waals surface area contributed by atoms with Crippen LogP contribution in [0.25, 0.3) is 17.7 Å². The van der Waals surface area contributed by atoms with Crippen LogP contribution in [-0.2, 0) is 9.53 Å². The molecule has 0 atom stereocenters. The van der Waals surface area contributed by atoms with Crippen molar-refractivity contribution in [3.63, 3.8) is 0 Å². The lowest BCUT2D eigenvalue weighted by Gasteiger charge is -2.30. The Kier molecular flexibility index (Phi) is 9.05. The molecule has 0 radical (unpaired) electrons. The summed E-state index contributed by atoms with van der Waals surface area (Å²) in [6.45, 7) is 9.51. The maximum Gasteiger partial charge on any atom is 0.410 e. The molecule has 38 heavy (non-hydrogen) atoms. The molecule has 0 spiro atoms. The van der Waals surface area contributed by atoms with Gasteiger partial charge in [0, 0.05) is 46.2 Å². The second-order valence-corrected chi connectivity index (χ2v) is 11.2. The van der Waals surface area contributed by atoms with Crippen molar-refractivity contribution in [2.75, 3.05) is 39.8 Å². The van der Waals surface area contributed by atoms with Gasteiger partial charge in [0.15, 0.2) is 0 Å². The molecule has 2 aromatic rings. The van der Waals surface area contributed by atoms with Crippen molar-refractivity contribution in [1.29, 1.82) is 0 Å². The average molecular weight is 516 g/mol. The zero-order valence-electron chi connectivity index (χ0n) is 23.3. The number of rotatable bonds is 7. The predicted molar refractivity (Wildman–Crippen MR) is 155 cm³/mol.